The van der Waals surface area contributed by atoms with Gasteiger partial charge in [0.25, 0.3) is 5.91 Å². The molecule has 132 valence electrons. The summed E-state index contributed by atoms with van der Waals surface area (Å²) >= 11 is 0. The predicted molar refractivity (Wildman–Crippen MR) is 92.8 cm³/mol. The number of aromatic nitrogens is 2. The third-order valence-electron chi connectivity index (χ3n) is 4.93. The minimum absolute atomic E-state index is 0.107. The van der Waals surface area contributed by atoms with Crippen LogP contribution in [-0.4, -0.2) is 45.8 Å². The van der Waals surface area contributed by atoms with E-state index >= 15 is 0 Å². The number of hydrogen-bond donors (Lipinski definition) is 1. The first kappa shape index (κ1) is 18.4. The van der Waals surface area contributed by atoms with Crippen molar-refractivity contribution in [1.29, 1.82) is 0 Å². The molecule has 1 aliphatic heterocycles. The number of carbonyl (C=O) groups is 2. The van der Waals surface area contributed by atoms with Gasteiger partial charge in [-0.15, -0.1) is 0 Å². The van der Waals surface area contributed by atoms with Crippen LogP contribution in [0.2, 0.25) is 0 Å². The van der Waals surface area contributed by atoms with Crippen molar-refractivity contribution in [3.63, 3.8) is 0 Å². The molecular weight excluding hydrogens is 304 g/mol. The molecule has 0 aromatic carbocycles. The minimum Gasteiger partial charge on any atom is -0.348 e. The Balaban J connectivity index is 2.22. The number of amides is 2. The summed E-state index contributed by atoms with van der Waals surface area (Å²) in [5.41, 5.74) is 1.01. The van der Waals surface area contributed by atoms with Crippen molar-refractivity contribution < 1.29 is 9.59 Å². The zero-order valence-corrected chi connectivity index (χ0v) is 15.3. The summed E-state index contributed by atoms with van der Waals surface area (Å²) in [7, 11) is 0. The average Bonchev–Trinajstić information content (AvgIpc) is 2.54. The number of nitrogens with one attached hydrogen (secondary N) is 1. The quantitative estimate of drug-likeness (QED) is 0.917. The van der Waals surface area contributed by atoms with Gasteiger partial charge in [-0.3, -0.25) is 9.59 Å². The highest BCUT2D eigenvalue weighted by atomic mass is 16.2. The maximum Gasteiger partial charge on any atom is 0.270 e. The summed E-state index contributed by atoms with van der Waals surface area (Å²) in [6, 6.07) is 1.85. The first-order valence-corrected chi connectivity index (χ1v) is 8.67. The molecule has 1 fully saturated rings. The van der Waals surface area contributed by atoms with Crippen LogP contribution in [0.4, 0.5) is 0 Å². The molecule has 2 amide bonds. The van der Waals surface area contributed by atoms with Crippen LogP contribution in [0.1, 0.15) is 69.0 Å². The van der Waals surface area contributed by atoms with E-state index in [1.807, 2.05) is 25.7 Å². The van der Waals surface area contributed by atoms with Crippen LogP contribution in [0.5, 0.6) is 0 Å². The SMILES string of the molecule is CC[C@H](C)NC(=O)c1cc(C)nc(C2(C)CCN(C(C)=O)CC2)n1. The molecule has 0 spiro atoms. The van der Waals surface area contributed by atoms with Crippen LogP contribution >= 0.6 is 0 Å². The lowest BCUT2D eigenvalue weighted by Gasteiger charge is -2.38. The summed E-state index contributed by atoms with van der Waals surface area (Å²) in [5, 5.41) is 2.96. The van der Waals surface area contributed by atoms with Crippen molar-refractivity contribution in [2.45, 2.75) is 65.3 Å². The number of carbonyl (C=O) groups excluding carboxylic acids is 2. The van der Waals surface area contributed by atoms with Crippen LogP contribution in [0.3, 0.4) is 0 Å². The van der Waals surface area contributed by atoms with E-state index in [-0.39, 0.29) is 23.3 Å². The van der Waals surface area contributed by atoms with Crippen LogP contribution < -0.4 is 5.32 Å². The van der Waals surface area contributed by atoms with Crippen LogP contribution in [0.25, 0.3) is 0 Å². The minimum atomic E-state index is -0.205. The fourth-order valence-corrected chi connectivity index (χ4v) is 2.89. The third-order valence-corrected chi connectivity index (χ3v) is 4.93. The van der Waals surface area contributed by atoms with Gasteiger partial charge in [-0.1, -0.05) is 13.8 Å². The predicted octanol–water partition coefficient (Wildman–Crippen LogP) is 2.21. The van der Waals surface area contributed by atoms with Crippen LogP contribution in [0.15, 0.2) is 6.07 Å². The largest absolute Gasteiger partial charge is 0.348 e. The first-order valence-electron chi connectivity index (χ1n) is 8.67. The normalized spacial score (nSPS) is 18.1. The van der Waals surface area contributed by atoms with Crippen LogP contribution in [-0.2, 0) is 10.2 Å². The summed E-state index contributed by atoms with van der Waals surface area (Å²) in [5.74, 6) is 0.664. The Morgan fingerprint density at radius 1 is 1.33 bits per heavy atom. The van der Waals surface area contributed by atoms with E-state index in [9.17, 15) is 9.59 Å². The number of aryl methyl sites for hydroxylation is 1. The summed E-state index contributed by atoms with van der Waals surface area (Å²) in [4.78, 5) is 34.9. The van der Waals surface area contributed by atoms with E-state index in [1.165, 1.54) is 0 Å². The second kappa shape index (κ2) is 7.28. The Bertz CT molecular complexity index is 621. The van der Waals surface area contributed by atoms with E-state index in [0.717, 1.165) is 25.0 Å². The molecular formula is C18H28N4O2. The molecule has 0 unspecified atom stereocenters. The number of rotatable bonds is 4. The second-order valence-electron chi connectivity index (χ2n) is 7.07. The van der Waals surface area contributed by atoms with Gasteiger partial charge in [0.1, 0.15) is 11.5 Å². The number of hydrogen-bond acceptors (Lipinski definition) is 4. The van der Waals surface area contributed by atoms with Gasteiger partial charge in [0, 0.05) is 37.2 Å². The van der Waals surface area contributed by atoms with Crippen molar-refractivity contribution in [2.75, 3.05) is 13.1 Å². The molecule has 0 bridgehead atoms. The zero-order chi connectivity index (χ0) is 17.9. The van der Waals surface area contributed by atoms with Crippen molar-refractivity contribution in [2.24, 2.45) is 0 Å². The molecule has 6 heteroatoms. The van der Waals surface area contributed by atoms with Gasteiger partial charge in [0.05, 0.1) is 0 Å². The summed E-state index contributed by atoms with van der Waals surface area (Å²) < 4.78 is 0. The molecule has 6 nitrogen and oxygen atoms in total. The maximum atomic E-state index is 12.4. The van der Waals surface area contributed by atoms with Crippen molar-refractivity contribution in [1.82, 2.24) is 20.2 Å². The van der Waals surface area contributed by atoms with Crippen molar-refractivity contribution >= 4 is 11.8 Å². The average molecular weight is 332 g/mol. The number of piperidine rings is 1. The molecule has 1 aliphatic rings. The smallest absolute Gasteiger partial charge is 0.270 e. The van der Waals surface area contributed by atoms with Crippen molar-refractivity contribution in [3.8, 4) is 0 Å². The molecule has 0 radical (unpaired) electrons. The lowest BCUT2D eigenvalue weighted by atomic mass is 9.79. The maximum absolute atomic E-state index is 12.4. The van der Waals surface area contributed by atoms with Gasteiger partial charge in [-0.05, 0) is 39.2 Å². The van der Waals surface area contributed by atoms with Crippen molar-refractivity contribution in [3.05, 3.63) is 23.3 Å². The van der Waals surface area contributed by atoms with Gasteiger partial charge < -0.3 is 10.2 Å². The lowest BCUT2D eigenvalue weighted by molar-refractivity contribution is -0.130. The number of likely N-dealkylation sites (tertiary alicyclic amines) is 1. The standard InChI is InChI=1S/C18H28N4O2/c1-6-12(2)19-16(24)15-11-13(3)20-17(21-15)18(5)7-9-22(10-8-18)14(4)23/h11-12H,6-10H2,1-5H3,(H,19,24)/t12-/m0/s1. The first-order chi connectivity index (χ1) is 11.2. The second-order valence-corrected chi connectivity index (χ2v) is 7.07. The molecule has 0 saturated carbocycles. The topological polar surface area (TPSA) is 75.2 Å². The Kier molecular flexibility index (Phi) is 5.57. The molecule has 0 aliphatic carbocycles. The molecule has 1 saturated heterocycles. The Hall–Kier alpha value is -1.98. The molecule has 24 heavy (non-hydrogen) atoms. The highest BCUT2D eigenvalue weighted by Gasteiger charge is 2.35. The van der Waals surface area contributed by atoms with E-state index in [1.54, 1.807) is 13.0 Å². The van der Waals surface area contributed by atoms with E-state index < -0.39 is 0 Å². The molecule has 2 rings (SSSR count). The van der Waals surface area contributed by atoms with Gasteiger partial charge in [0.2, 0.25) is 5.91 Å². The van der Waals surface area contributed by atoms with E-state index in [4.69, 9.17) is 0 Å². The third kappa shape index (κ3) is 4.10. The van der Waals surface area contributed by atoms with Crippen LogP contribution in [0, 0.1) is 6.92 Å². The van der Waals surface area contributed by atoms with E-state index in [2.05, 4.69) is 22.2 Å². The van der Waals surface area contributed by atoms with Gasteiger partial charge in [-0.2, -0.15) is 0 Å². The number of nitrogens with zero attached hydrogens (tertiary/aromatic N) is 3. The fraction of sp³-hybridized carbons (Fsp3) is 0.667. The molecule has 1 aromatic heterocycles. The molecule has 1 aromatic rings. The monoisotopic (exact) mass is 332 g/mol. The van der Waals surface area contributed by atoms with Gasteiger partial charge in [-0.25, -0.2) is 9.97 Å². The molecule has 1 atom stereocenters. The Labute approximate surface area is 144 Å². The highest BCUT2D eigenvalue weighted by molar-refractivity contribution is 5.92. The van der Waals surface area contributed by atoms with Gasteiger partial charge >= 0.3 is 0 Å². The summed E-state index contributed by atoms with van der Waals surface area (Å²) in [6.07, 6.45) is 2.49. The van der Waals surface area contributed by atoms with Gasteiger partial charge in [0.15, 0.2) is 0 Å². The fourth-order valence-electron chi connectivity index (χ4n) is 2.89. The summed E-state index contributed by atoms with van der Waals surface area (Å²) in [6.45, 7) is 11.0. The zero-order valence-electron chi connectivity index (χ0n) is 15.3. The molecule has 2 heterocycles. The highest BCUT2D eigenvalue weighted by Crippen LogP contribution is 2.33. The Morgan fingerprint density at radius 3 is 2.50 bits per heavy atom. The lowest BCUT2D eigenvalue weighted by Crippen LogP contribution is -2.44. The molecule has 1 N–H and O–H groups in total. The van der Waals surface area contributed by atoms with E-state index in [0.29, 0.717) is 24.6 Å². The Morgan fingerprint density at radius 2 is 1.96 bits per heavy atom.